The number of carbonyl (C=O) groups is 6. The summed E-state index contributed by atoms with van der Waals surface area (Å²) in [7, 11) is 0. The average Bonchev–Trinajstić information content (AvgIpc) is 3.19. The molecule has 0 aliphatic rings. The molecule has 35 heavy (non-hydrogen) atoms. The largest absolute Gasteiger partial charge is 0.481 e. The van der Waals surface area contributed by atoms with Crippen molar-refractivity contribution in [3.8, 4) is 0 Å². The molecule has 0 aliphatic carbocycles. The van der Waals surface area contributed by atoms with E-state index < -0.39 is 73.1 Å². The number of primary amides is 1. The number of hydrogen-bond acceptors (Lipinski definition) is 7. The van der Waals surface area contributed by atoms with Crippen LogP contribution in [0.15, 0.2) is 30.5 Å². The van der Waals surface area contributed by atoms with Gasteiger partial charge in [0.2, 0.25) is 23.6 Å². The van der Waals surface area contributed by atoms with Gasteiger partial charge < -0.3 is 42.6 Å². The second-order valence-corrected chi connectivity index (χ2v) is 7.62. The Bertz CT molecular complexity index is 1130. The van der Waals surface area contributed by atoms with Crippen molar-refractivity contribution in [1.82, 2.24) is 20.9 Å². The molecule has 0 bridgehead atoms. The van der Waals surface area contributed by atoms with Gasteiger partial charge in [0.15, 0.2) is 0 Å². The van der Waals surface area contributed by atoms with Crippen molar-refractivity contribution >= 4 is 46.5 Å². The van der Waals surface area contributed by atoms with Gasteiger partial charge in [0, 0.05) is 23.5 Å². The van der Waals surface area contributed by atoms with Crippen molar-refractivity contribution < 1.29 is 39.0 Å². The molecule has 0 radical (unpaired) electrons. The standard InChI is InChI=1S/C21H26N6O8/c22-8-17(29)25-14(7-18(30)31)20(33)26-13(6-16(23)28)19(32)27-15(21(34)35)5-10-9-24-12-4-2-1-3-11(10)12/h1-4,9,13-15,24H,5-8,22H2,(H2,23,28)(H,25,29)(H,26,33)(H,27,32)(H,30,31)(H,34,35). The zero-order valence-electron chi connectivity index (χ0n) is 18.4. The fourth-order valence-electron chi connectivity index (χ4n) is 3.31. The number of aromatic nitrogens is 1. The number of H-pyrrole nitrogens is 1. The molecular formula is C21H26N6O8. The monoisotopic (exact) mass is 490 g/mol. The lowest BCUT2D eigenvalue weighted by atomic mass is 10.0. The first-order valence-corrected chi connectivity index (χ1v) is 10.4. The quantitative estimate of drug-likeness (QED) is 0.148. The Kier molecular flexibility index (Phi) is 9.28. The molecular weight excluding hydrogens is 464 g/mol. The van der Waals surface area contributed by atoms with Gasteiger partial charge in [0.05, 0.1) is 19.4 Å². The Morgan fingerprint density at radius 3 is 2.06 bits per heavy atom. The Morgan fingerprint density at radius 2 is 1.49 bits per heavy atom. The molecule has 10 N–H and O–H groups in total. The second-order valence-electron chi connectivity index (χ2n) is 7.62. The number of carboxylic acids is 2. The smallest absolute Gasteiger partial charge is 0.326 e. The molecule has 14 heteroatoms. The number of aromatic amines is 1. The zero-order valence-corrected chi connectivity index (χ0v) is 18.4. The molecule has 3 atom stereocenters. The average molecular weight is 490 g/mol. The molecule has 2 aromatic rings. The Morgan fingerprint density at radius 1 is 0.886 bits per heavy atom. The molecule has 1 heterocycles. The molecule has 0 saturated carbocycles. The predicted molar refractivity (Wildman–Crippen MR) is 121 cm³/mol. The van der Waals surface area contributed by atoms with Crippen LogP contribution in [0.25, 0.3) is 10.9 Å². The molecule has 1 aromatic heterocycles. The van der Waals surface area contributed by atoms with Gasteiger partial charge in [0.1, 0.15) is 18.1 Å². The minimum absolute atomic E-state index is 0.115. The molecule has 14 nitrogen and oxygen atoms in total. The molecule has 0 fully saturated rings. The van der Waals surface area contributed by atoms with Crippen LogP contribution in [0, 0.1) is 0 Å². The van der Waals surface area contributed by atoms with Crippen LogP contribution in [0.1, 0.15) is 18.4 Å². The van der Waals surface area contributed by atoms with E-state index in [9.17, 15) is 33.9 Å². The first-order valence-electron chi connectivity index (χ1n) is 10.4. The summed E-state index contributed by atoms with van der Waals surface area (Å²) in [4.78, 5) is 74.3. The molecule has 0 spiro atoms. The number of amides is 4. The number of aliphatic carboxylic acids is 2. The SMILES string of the molecule is NCC(=O)NC(CC(=O)O)C(=O)NC(CC(N)=O)C(=O)NC(Cc1c[nH]c2ccccc12)C(=O)O. The van der Waals surface area contributed by atoms with Gasteiger partial charge in [-0.15, -0.1) is 0 Å². The lowest BCUT2D eigenvalue weighted by molar-refractivity contribution is -0.143. The number of nitrogens with one attached hydrogen (secondary N) is 4. The number of fused-ring (bicyclic) bond motifs is 1. The van der Waals surface area contributed by atoms with Gasteiger partial charge in [-0.3, -0.25) is 24.0 Å². The maximum atomic E-state index is 12.8. The van der Waals surface area contributed by atoms with Crippen molar-refractivity contribution in [3.63, 3.8) is 0 Å². The fraction of sp³-hybridized carbons (Fsp3) is 0.333. The first kappa shape index (κ1) is 26.8. The third-order valence-corrected chi connectivity index (χ3v) is 4.97. The number of para-hydroxylation sites is 1. The maximum Gasteiger partial charge on any atom is 0.326 e. The molecule has 2 rings (SSSR count). The molecule has 188 valence electrons. The van der Waals surface area contributed by atoms with Crippen molar-refractivity contribution in [2.24, 2.45) is 11.5 Å². The van der Waals surface area contributed by atoms with E-state index in [1.54, 1.807) is 30.5 Å². The summed E-state index contributed by atoms with van der Waals surface area (Å²) in [5.74, 6) is -6.75. The third kappa shape index (κ3) is 7.82. The summed E-state index contributed by atoms with van der Waals surface area (Å²) in [6.45, 7) is -0.525. The van der Waals surface area contributed by atoms with Crippen LogP contribution in [-0.2, 0) is 35.2 Å². The van der Waals surface area contributed by atoms with Crippen LogP contribution < -0.4 is 27.4 Å². The van der Waals surface area contributed by atoms with Gasteiger partial charge in [-0.1, -0.05) is 18.2 Å². The summed E-state index contributed by atoms with van der Waals surface area (Å²) in [6, 6.07) is 2.47. The minimum Gasteiger partial charge on any atom is -0.481 e. The van der Waals surface area contributed by atoms with Crippen molar-refractivity contribution in [1.29, 1.82) is 0 Å². The van der Waals surface area contributed by atoms with Crippen LogP contribution >= 0.6 is 0 Å². The number of rotatable bonds is 13. The highest BCUT2D eigenvalue weighted by Gasteiger charge is 2.31. The van der Waals surface area contributed by atoms with E-state index >= 15 is 0 Å². The fourth-order valence-corrected chi connectivity index (χ4v) is 3.31. The number of nitrogens with two attached hydrogens (primary N) is 2. The summed E-state index contributed by atoms with van der Waals surface area (Å²) in [5, 5.41) is 25.9. The summed E-state index contributed by atoms with van der Waals surface area (Å²) in [5.41, 5.74) is 11.7. The molecule has 0 saturated heterocycles. The Labute approximate surface area is 198 Å². The van der Waals surface area contributed by atoms with Crippen LogP contribution in [0.5, 0.6) is 0 Å². The van der Waals surface area contributed by atoms with Gasteiger partial charge in [-0.2, -0.15) is 0 Å². The molecule has 3 unspecified atom stereocenters. The van der Waals surface area contributed by atoms with E-state index in [-0.39, 0.29) is 6.42 Å². The van der Waals surface area contributed by atoms with Gasteiger partial charge in [0.25, 0.3) is 0 Å². The van der Waals surface area contributed by atoms with E-state index in [0.29, 0.717) is 5.56 Å². The summed E-state index contributed by atoms with van der Waals surface area (Å²) < 4.78 is 0. The van der Waals surface area contributed by atoms with Crippen LogP contribution in [0.3, 0.4) is 0 Å². The van der Waals surface area contributed by atoms with E-state index in [1.165, 1.54) is 0 Å². The first-order chi connectivity index (χ1) is 16.5. The van der Waals surface area contributed by atoms with Crippen LogP contribution in [0.4, 0.5) is 0 Å². The van der Waals surface area contributed by atoms with Crippen molar-refractivity contribution in [2.75, 3.05) is 6.54 Å². The number of carboxylic acid groups (broad SMARTS) is 2. The second kappa shape index (κ2) is 12.1. The van der Waals surface area contributed by atoms with Gasteiger partial charge in [-0.05, 0) is 11.6 Å². The van der Waals surface area contributed by atoms with Gasteiger partial charge in [-0.25, -0.2) is 4.79 Å². The van der Waals surface area contributed by atoms with Crippen molar-refractivity contribution in [2.45, 2.75) is 37.4 Å². The van der Waals surface area contributed by atoms with E-state index in [1.807, 2.05) is 0 Å². The number of benzene rings is 1. The summed E-state index contributed by atoms with van der Waals surface area (Å²) in [6.07, 6.45) is -0.0506. The summed E-state index contributed by atoms with van der Waals surface area (Å²) >= 11 is 0. The van der Waals surface area contributed by atoms with Gasteiger partial charge >= 0.3 is 11.9 Å². The number of carbonyl (C=O) groups excluding carboxylic acids is 4. The molecule has 0 aliphatic heterocycles. The highest BCUT2D eigenvalue weighted by atomic mass is 16.4. The zero-order chi connectivity index (χ0) is 26.1. The Balaban J connectivity index is 2.19. The topological polar surface area (TPSA) is 247 Å². The Hall–Kier alpha value is -4.46. The van der Waals surface area contributed by atoms with E-state index in [4.69, 9.17) is 16.6 Å². The minimum atomic E-state index is -1.63. The van der Waals surface area contributed by atoms with E-state index in [0.717, 1.165) is 10.9 Å². The highest BCUT2D eigenvalue weighted by Crippen LogP contribution is 2.19. The van der Waals surface area contributed by atoms with Crippen molar-refractivity contribution in [3.05, 3.63) is 36.0 Å². The maximum absolute atomic E-state index is 12.8. The predicted octanol–water partition coefficient (Wildman–Crippen LogP) is -2.44. The lowest BCUT2D eigenvalue weighted by Crippen LogP contribution is -2.57. The van der Waals surface area contributed by atoms with E-state index in [2.05, 4.69) is 20.9 Å². The van der Waals surface area contributed by atoms with Crippen LogP contribution in [-0.4, -0.2) is 75.4 Å². The van der Waals surface area contributed by atoms with Crippen LogP contribution in [0.2, 0.25) is 0 Å². The third-order valence-electron chi connectivity index (χ3n) is 4.97. The molecule has 4 amide bonds. The highest BCUT2D eigenvalue weighted by molar-refractivity contribution is 5.97. The number of hydrogen-bond donors (Lipinski definition) is 8. The lowest BCUT2D eigenvalue weighted by Gasteiger charge is -2.23. The molecule has 1 aromatic carbocycles. The normalized spacial score (nSPS) is 13.3.